The lowest BCUT2D eigenvalue weighted by molar-refractivity contribution is 0.0712. The third kappa shape index (κ3) is 4.15. The summed E-state index contributed by atoms with van der Waals surface area (Å²) < 4.78 is 21.1. The SMILES string of the molecule is CN(C)c1nc2cc(F)ccc2cc1CN(Cc1ccco1)C(=O)c1cn2ccccc2n1. The molecule has 7 nitrogen and oxygen atoms in total. The second-order valence-electron chi connectivity index (χ2n) is 8.04. The monoisotopic (exact) mass is 443 g/mol. The van der Waals surface area contributed by atoms with E-state index in [1.54, 1.807) is 29.5 Å². The number of benzene rings is 1. The summed E-state index contributed by atoms with van der Waals surface area (Å²) in [5.74, 6) is 0.766. The maximum Gasteiger partial charge on any atom is 0.274 e. The van der Waals surface area contributed by atoms with Crippen molar-refractivity contribution in [3.8, 4) is 0 Å². The number of rotatable bonds is 6. The fourth-order valence-electron chi connectivity index (χ4n) is 3.87. The molecule has 0 fully saturated rings. The molecule has 0 saturated carbocycles. The summed E-state index contributed by atoms with van der Waals surface area (Å²) in [5.41, 5.74) is 2.44. The highest BCUT2D eigenvalue weighted by molar-refractivity contribution is 5.93. The average Bonchev–Trinajstić information content (AvgIpc) is 3.47. The number of anilines is 1. The minimum Gasteiger partial charge on any atom is -0.467 e. The van der Waals surface area contributed by atoms with E-state index in [2.05, 4.69) is 9.97 Å². The summed E-state index contributed by atoms with van der Waals surface area (Å²) in [6.45, 7) is 0.551. The molecule has 0 aliphatic heterocycles. The Morgan fingerprint density at radius 3 is 2.70 bits per heavy atom. The number of hydrogen-bond donors (Lipinski definition) is 0. The smallest absolute Gasteiger partial charge is 0.274 e. The maximum absolute atomic E-state index is 13.7. The Bertz CT molecular complexity index is 1410. The Kier molecular flexibility index (Phi) is 5.26. The molecule has 1 aromatic carbocycles. The van der Waals surface area contributed by atoms with Gasteiger partial charge in [0, 0.05) is 43.5 Å². The molecule has 5 rings (SSSR count). The lowest BCUT2D eigenvalue weighted by atomic mass is 10.1. The molecule has 0 aliphatic carbocycles. The summed E-state index contributed by atoms with van der Waals surface area (Å²) in [6.07, 6.45) is 5.16. The van der Waals surface area contributed by atoms with Crippen LogP contribution < -0.4 is 4.90 Å². The van der Waals surface area contributed by atoms with E-state index in [1.165, 1.54) is 12.1 Å². The first kappa shape index (κ1) is 20.7. The van der Waals surface area contributed by atoms with Crippen LogP contribution in [-0.2, 0) is 13.1 Å². The Labute approximate surface area is 189 Å². The Hall–Kier alpha value is -4.20. The van der Waals surface area contributed by atoms with Gasteiger partial charge in [0.15, 0.2) is 0 Å². The standard InChI is InChI=1S/C25H22FN5O2/c1-29(2)24-18(12-17-8-9-19(26)13-21(17)28-24)14-31(15-20-6-5-11-33-20)25(32)22-16-30-10-4-3-7-23(30)27-22/h3-13,16H,14-15H2,1-2H3. The van der Waals surface area contributed by atoms with Gasteiger partial charge < -0.3 is 18.6 Å². The summed E-state index contributed by atoms with van der Waals surface area (Å²) in [5, 5.41) is 0.801. The number of carbonyl (C=O) groups excluding carboxylic acids is 1. The van der Waals surface area contributed by atoms with E-state index in [0.717, 1.165) is 10.9 Å². The normalized spacial score (nSPS) is 11.2. The van der Waals surface area contributed by atoms with Crippen LogP contribution in [0.4, 0.5) is 10.2 Å². The van der Waals surface area contributed by atoms with E-state index in [9.17, 15) is 9.18 Å². The molecule has 166 valence electrons. The van der Waals surface area contributed by atoms with Crippen LogP contribution in [0.25, 0.3) is 16.6 Å². The molecule has 4 aromatic heterocycles. The number of hydrogen-bond acceptors (Lipinski definition) is 5. The molecule has 5 aromatic rings. The van der Waals surface area contributed by atoms with E-state index in [1.807, 2.05) is 59.9 Å². The molecule has 0 atom stereocenters. The van der Waals surface area contributed by atoms with Gasteiger partial charge in [0.2, 0.25) is 0 Å². The van der Waals surface area contributed by atoms with Gasteiger partial charge in [-0.05, 0) is 42.5 Å². The number of aromatic nitrogens is 3. The number of pyridine rings is 2. The quantitative estimate of drug-likeness (QED) is 0.386. The number of amides is 1. The number of carbonyl (C=O) groups is 1. The Balaban J connectivity index is 1.55. The maximum atomic E-state index is 13.7. The Morgan fingerprint density at radius 2 is 1.94 bits per heavy atom. The van der Waals surface area contributed by atoms with Crippen molar-refractivity contribution in [2.24, 2.45) is 0 Å². The van der Waals surface area contributed by atoms with Crippen molar-refractivity contribution in [1.82, 2.24) is 19.3 Å². The van der Waals surface area contributed by atoms with Crippen LogP contribution in [0.15, 0.2) is 77.7 Å². The summed E-state index contributed by atoms with van der Waals surface area (Å²) in [4.78, 5) is 26.3. The van der Waals surface area contributed by atoms with Crippen molar-refractivity contribution in [3.63, 3.8) is 0 Å². The van der Waals surface area contributed by atoms with Gasteiger partial charge in [0.05, 0.1) is 24.9 Å². The molecule has 4 heterocycles. The molecule has 1 amide bonds. The van der Waals surface area contributed by atoms with Crippen molar-refractivity contribution >= 4 is 28.3 Å². The highest BCUT2D eigenvalue weighted by Crippen LogP contribution is 2.26. The molecular formula is C25H22FN5O2. The van der Waals surface area contributed by atoms with E-state index >= 15 is 0 Å². The number of fused-ring (bicyclic) bond motifs is 2. The first-order valence-corrected chi connectivity index (χ1v) is 10.5. The van der Waals surface area contributed by atoms with Gasteiger partial charge in [-0.25, -0.2) is 14.4 Å². The molecule has 0 bridgehead atoms. The third-order valence-corrected chi connectivity index (χ3v) is 5.42. The predicted molar refractivity (Wildman–Crippen MR) is 124 cm³/mol. The highest BCUT2D eigenvalue weighted by atomic mass is 19.1. The number of imidazole rings is 1. The average molecular weight is 443 g/mol. The predicted octanol–water partition coefficient (Wildman–Crippen LogP) is 4.52. The highest BCUT2D eigenvalue weighted by Gasteiger charge is 2.23. The first-order valence-electron chi connectivity index (χ1n) is 10.5. The van der Waals surface area contributed by atoms with E-state index in [-0.39, 0.29) is 24.8 Å². The fraction of sp³-hybridized carbons (Fsp3) is 0.160. The molecule has 0 N–H and O–H groups in total. The second kappa shape index (κ2) is 8.38. The van der Waals surface area contributed by atoms with Crippen LogP contribution in [-0.4, -0.2) is 39.3 Å². The van der Waals surface area contributed by atoms with Gasteiger partial charge in [-0.15, -0.1) is 0 Å². The molecule has 33 heavy (non-hydrogen) atoms. The lowest BCUT2D eigenvalue weighted by Crippen LogP contribution is -2.31. The molecule has 0 radical (unpaired) electrons. The molecule has 0 unspecified atom stereocenters. The van der Waals surface area contributed by atoms with Crippen LogP contribution in [0.5, 0.6) is 0 Å². The molecule has 0 spiro atoms. The van der Waals surface area contributed by atoms with Gasteiger partial charge in [0.1, 0.15) is 28.7 Å². The fourth-order valence-corrected chi connectivity index (χ4v) is 3.87. The minimum absolute atomic E-state index is 0.223. The van der Waals surface area contributed by atoms with E-state index in [0.29, 0.717) is 28.4 Å². The molecule has 0 saturated heterocycles. The zero-order chi connectivity index (χ0) is 22.9. The van der Waals surface area contributed by atoms with Gasteiger partial charge in [-0.3, -0.25) is 4.79 Å². The van der Waals surface area contributed by atoms with Crippen molar-refractivity contribution in [2.75, 3.05) is 19.0 Å². The molecular weight excluding hydrogens is 421 g/mol. The lowest BCUT2D eigenvalue weighted by Gasteiger charge is -2.24. The van der Waals surface area contributed by atoms with Crippen LogP contribution in [0.3, 0.4) is 0 Å². The van der Waals surface area contributed by atoms with Gasteiger partial charge in [-0.2, -0.15) is 0 Å². The summed E-state index contributed by atoms with van der Waals surface area (Å²) in [7, 11) is 3.75. The van der Waals surface area contributed by atoms with Crippen molar-refractivity contribution in [3.05, 3.63) is 96.1 Å². The minimum atomic E-state index is -0.339. The second-order valence-corrected chi connectivity index (χ2v) is 8.04. The van der Waals surface area contributed by atoms with Crippen LogP contribution in [0.1, 0.15) is 21.8 Å². The topological polar surface area (TPSA) is 66.9 Å². The van der Waals surface area contributed by atoms with E-state index in [4.69, 9.17) is 4.42 Å². The third-order valence-electron chi connectivity index (χ3n) is 5.42. The molecule has 8 heteroatoms. The summed E-state index contributed by atoms with van der Waals surface area (Å²) >= 11 is 0. The zero-order valence-electron chi connectivity index (χ0n) is 18.3. The van der Waals surface area contributed by atoms with Crippen molar-refractivity contribution in [1.29, 1.82) is 0 Å². The van der Waals surface area contributed by atoms with E-state index < -0.39 is 0 Å². The number of furan rings is 1. The number of halogens is 1. The van der Waals surface area contributed by atoms with Gasteiger partial charge in [0.25, 0.3) is 5.91 Å². The zero-order valence-corrected chi connectivity index (χ0v) is 18.3. The molecule has 0 aliphatic rings. The van der Waals surface area contributed by atoms with Crippen LogP contribution in [0, 0.1) is 5.82 Å². The van der Waals surface area contributed by atoms with Crippen LogP contribution in [0.2, 0.25) is 0 Å². The van der Waals surface area contributed by atoms with Gasteiger partial charge >= 0.3 is 0 Å². The Morgan fingerprint density at radius 1 is 1.06 bits per heavy atom. The number of nitrogens with zero attached hydrogens (tertiary/aromatic N) is 5. The largest absolute Gasteiger partial charge is 0.467 e. The summed E-state index contributed by atoms with van der Waals surface area (Å²) in [6, 6.07) is 15.7. The van der Waals surface area contributed by atoms with Crippen molar-refractivity contribution in [2.45, 2.75) is 13.1 Å². The van der Waals surface area contributed by atoms with Crippen LogP contribution >= 0.6 is 0 Å². The first-order chi connectivity index (χ1) is 16.0. The van der Waals surface area contributed by atoms with Gasteiger partial charge in [-0.1, -0.05) is 6.07 Å². The van der Waals surface area contributed by atoms with Crippen molar-refractivity contribution < 1.29 is 13.6 Å².